The molecule has 0 saturated heterocycles. The van der Waals surface area contributed by atoms with Crippen LogP contribution in [0.5, 0.6) is 0 Å². The summed E-state index contributed by atoms with van der Waals surface area (Å²) in [6.07, 6.45) is 3.41. The lowest BCUT2D eigenvalue weighted by molar-refractivity contribution is -0.124. The third kappa shape index (κ3) is 4.06. The number of Topliss-reactive ketones (excluding diaryl/α,β-unsaturated/α-hetero) is 2. The van der Waals surface area contributed by atoms with Crippen LogP contribution in [-0.4, -0.2) is 24.7 Å². The minimum absolute atomic E-state index is 0.0201. The van der Waals surface area contributed by atoms with Gasteiger partial charge in [-0.3, -0.25) is 9.59 Å². The molecule has 0 spiro atoms. The molecule has 0 aliphatic heterocycles. The van der Waals surface area contributed by atoms with Crippen molar-refractivity contribution >= 4 is 17.3 Å². The molecule has 0 amide bonds. The quantitative estimate of drug-likeness (QED) is 0.629. The fourth-order valence-corrected chi connectivity index (χ4v) is 2.66. The molecule has 0 heterocycles. The number of hydrogen-bond donors (Lipinski definition) is 0. The molecule has 1 aromatic carbocycles. The van der Waals surface area contributed by atoms with Crippen LogP contribution in [0.3, 0.4) is 0 Å². The largest absolute Gasteiger partial charge is 0.371 e. The Kier molecular flexibility index (Phi) is 4.84. The van der Waals surface area contributed by atoms with Crippen molar-refractivity contribution in [2.24, 2.45) is 5.41 Å². The van der Waals surface area contributed by atoms with E-state index in [1.54, 1.807) is 0 Å². The molecule has 1 saturated carbocycles. The second-order valence-electron chi connectivity index (χ2n) is 7.24. The van der Waals surface area contributed by atoms with E-state index in [9.17, 15) is 9.59 Å². The predicted octanol–water partition coefficient (Wildman–Crippen LogP) is 3.79. The molecule has 1 aromatic rings. The zero-order valence-electron chi connectivity index (χ0n) is 13.9. The van der Waals surface area contributed by atoms with Crippen LogP contribution in [0.4, 0.5) is 5.69 Å². The van der Waals surface area contributed by atoms with Crippen LogP contribution in [0.1, 0.15) is 40.0 Å². The summed E-state index contributed by atoms with van der Waals surface area (Å²) in [5, 5.41) is 0. The van der Waals surface area contributed by atoms with Gasteiger partial charge in [-0.15, -0.1) is 0 Å². The molecule has 1 aliphatic rings. The number of para-hydroxylation sites is 1. The van der Waals surface area contributed by atoms with Gasteiger partial charge in [0.2, 0.25) is 0 Å². The Bertz CT molecular complexity index is 561. The first-order chi connectivity index (χ1) is 10.3. The van der Waals surface area contributed by atoms with E-state index >= 15 is 0 Å². The second kappa shape index (κ2) is 6.47. The maximum atomic E-state index is 12.4. The van der Waals surface area contributed by atoms with Gasteiger partial charge >= 0.3 is 0 Å². The van der Waals surface area contributed by atoms with Crippen LogP contribution in [0, 0.1) is 5.41 Å². The van der Waals surface area contributed by atoms with Crippen molar-refractivity contribution in [2.75, 3.05) is 11.9 Å². The van der Waals surface area contributed by atoms with Crippen molar-refractivity contribution < 1.29 is 9.59 Å². The minimum Gasteiger partial charge on any atom is -0.371 e. The molecule has 0 aromatic heterocycles. The summed E-state index contributed by atoms with van der Waals surface area (Å²) in [6.45, 7) is 6.31. The van der Waals surface area contributed by atoms with E-state index in [0.717, 1.165) is 12.1 Å². The molecule has 0 atom stereocenters. The van der Waals surface area contributed by atoms with Gasteiger partial charge in [-0.1, -0.05) is 45.0 Å². The fraction of sp³-hybridized carbons (Fsp3) is 0.474. The van der Waals surface area contributed by atoms with Crippen molar-refractivity contribution in [3.63, 3.8) is 0 Å². The fourth-order valence-electron chi connectivity index (χ4n) is 2.66. The van der Waals surface area contributed by atoms with Crippen LogP contribution in [0.25, 0.3) is 0 Å². The zero-order valence-corrected chi connectivity index (χ0v) is 13.9. The number of rotatable bonds is 3. The third-order valence-electron chi connectivity index (χ3n) is 4.07. The van der Waals surface area contributed by atoms with Crippen molar-refractivity contribution in [2.45, 2.75) is 46.1 Å². The molecule has 1 aliphatic carbocycles. The molecule has 0 radical (unpaired) electrons. The molecule has 0 N–H and O–H groups in total. The first kappa shape index (κ1) is 16.5. The van der Waals surface area contributed by atoms with Crippen LogP contribution >= 0.6 is 0 Å². The molecule has 22 heavy (non-hydrogen) atoms. The Morgan fingerprint density at radius 3 is 2.14 bits per heavy atom. The molecular weight excluding hydrogens is 274 g/mol. The second-order valence-corrected chi connectivity index (χ2v) is 7.24. The summed E-state index contributed by atoms with van der Waals surface area (Å²) < 4.78 is 0. The van der Waals surface area contributed by atoms with Gasteiger partial charge < -0.3 is 4.90 Å². The van der Waals surface area contributed by atoms with Crippen molar-refractivity contribution in [3.05, 3.63) is 42.0 Å². The number of anilines is 1. The maximum absolute atomic E-state index is 12.4. The van der Waals surface area contributed by atoms with Gasteiger partial charge in [0.15, 0.2) is 11.6 Å². The summed E-state index contributed by atoms with van der Waals surface area (Å²) in [4.78, 5) is 26.7. The first-order valence-electron chi connectivity index (χ1n) is 7.82. The molecule has 0 bridgehead atoms. The summed E-state index contributed by atoms with van der Waals surface area (Å²) in [7, 11) is 1.95. The number of benzene rings is 1. The number of carbonyl (C=O) groups is 2. The van der Waals surface area contributed by atoms with Crippen LogP contribution in [0.2, 0.25) is 0 Å². The Morgan fingerprint density at radius 2 is 1.64 bits per heavy atom. The van der Waals surface area contributed by atoms with Crippen LogP contribution < -0.4 is 4.90 Å². The van der Waals surface area contributed by atoms with Gasteiger partial charge in [0, 0.05) is 31.6 Å². The molecule has 3 heteroatoms. The molecule has 1 fully saturated rings. The first-order valence-corrected chi connectivity index (χ1v) is 7.82. The van der Waals surface area contributed by atoms with E-state index in [4.69, 9.17) is 0 Å². The van der Waals surface area contributed by atoms with Crippen molar-refractivity contribution in [1.29, 1.82) is 0 Å². The van der Waals surface area contributed by atoms with Crippen molar-refractivity contribution in [3.8, 4) is 0 Å². The van der Waals surface area contributed by atoms with E-state index in [1.807, 2.05) is 48.4 Å². The van der Waals surface area contributed by atoms with Gasteiger partial charge in [0.05, 0.1) is 5.57 Å². The monoisotopic (exact) mass is 299 g/mol. The number of allylic oxidation sites excluding steroid dienone is 2. The van der Waals surface area contributed by atoms with Gasteiger partial charge in [0.1, 0.15) is 0 Å². The maximum Gasteiger partial charge on any atom is 0.168 e. The minimum atomic E-state index is -0.0470. The van der Waals surface area contributed by atoms with E-state index in [2.05, 4.69) is 20.8 Å². The SMILES string of the molecule is CN(c1ccccc1)C1CC(=O)C(=CCC(C)(C)C)C(=O)C1. The van der Waals surface area contributed by atoms with Gasteiger partial charge in [-0.05, 0) is 24.0 Å². The predicted molar refractivity (Wildman–Crippen MR) is 90.0 cm³/mol. The molecule has 3 nitrogen and oxygen atoms in total. The Morgan fingerprint density at radius 1 is 1.09 bits per heavy atom. The summed E-state index contributed by atoms with van der Waals surface area (Å²) in [5.74, 6) is -0.0402. The smallest absolute Gasteiger partial charge is 0.168 e. The average Bonchev–Trinajstić information content (AvgIpc) is 2.45. The Hall–Kier alpha value is -1.90. The zero-order chi connectivity index (χ0) is 16.3. The highest BCUT2D eigenvalue weighted by Crippen LogP contribution is 2.27. The average molecular weight is 299 g/mol. The normalized spacial score (nSPS) is 19.3. The van der Waals surface area contributed by atoms with E-state index in [0.29, 0.717) is 18.4 Å². The number of hydrogen-bond acceptors (Lipinski definition) is 3. The van der Waals surface area contributed by atoms with Crippen LogP contribution in [0.15, 0.2) is 42.0 Å². The molecule has 0 unspecified atom stereocenters. The van der Waals surface area contributed by atoms with Crippen molar-refractivity contribution in [1.82, 2.24) is 0 Å². The van der Waals surface area contributed by atoms with Gasteiger partial charge in [-0.2, -0.15) is 0 Å². The number of carbonyl (C=O) groups excluding carboxylic acids is 2. The highest BCUT2D eigenvalue weighted by Gasteiger charge is 2.32. The van der Waals surface area contributed by atoms with E-state index in [1.165, 1.54) is 0 Å². The summed E-state index contributed by atoms with van der Waals surface area (Å²) >= 11 is 0. The summed E-state index contributed by atoms with van der Waals surface area (Å²) in [6, 6.07) is 9.84. The van der Waals surface area contributed by atoms with E-state index in [-0.39, 0.29) is 23.0 Å². The number of nitrogens with zero attached hydrogens (tertiary/aromatic N) is 1. The van der Waals surface area contributed by atoms with Gasteiger partial charge in [-0.25, -0.2) is 0 Å². The lowest BCUT2D eigenvalue weighted by Crippen LogP contribution is -2.40. The lowest BCUT2D eigenvalue weighted by Gasteiger charge is -2.32. The molecule has 118 valence electrons. The highest BCUT2D eigenvalue weighted by molar-refractivity contribution is 6.22. The highest BCUT2D eigenvalue weighted by atomic mass is 16.2. The third-order valence-corrected chi connectivity index (χ3v) is 4.07. The Balaban J connectivity index is 2.10. The number of ketones is 2. The summed E-state index contributed by atoms with van der Waals surface area (Å²) in [5.41, 5.74) is 1.54. The Labute approximate surface area is 133 Å². The molecule has 2 rings (SSSR count). The lowest BCUT2D eigenvalue weighted by atomic mass is 9.84. The molecular formula is C19H25NO2. The van der Waals surface area contributed by atoms with E-state index < -0.39 is 0 Å². The topological polar surface area (TPSA) is 37.4 Å². The van der Waals surface area contributed by atoms with Gasteiger partial charge in [0.25, 0.3) is 0 Å². The van der Waals surface area contributed by atoms with Crippen LogP contribution in [-0.2, 0) is 9.59 Å². The standard InChI is InChI=1S/C19H25NO2/c1-19(2,3)11-10-16-17(21)12-15(13-18(16)22)20(4)14-8-6-5-7-9-14/h5-10,15H,11-13H2,1-4H3.